The van der Waals surface area contributed by atoms with Crippen LogP contribution in [0.25, 0.3) is 10.9 Å². The molecule has 2 rings (SSSR count). The van der Waals surface area contributed by atoms with Gasteiger partial charge in [0.1, 0.15) is 28.6 Å². The van der Waals surface area contributed by atoms with Crippen molar-refractivity contribution in [3.05, 3.63) is 33.3 Å². The van der Waals surface area contributed by atoms with E-state index in [2.05, 4.69) is 10.3 Å². The largest absolute Gasteiger partial charge is 0.506 e. The lowest BCUT2D eigenvalue weighted by atomic mass is 10.1. The van der Waals surface area contributed by atoms with Crippen molar-refractivity contribution in [1.82, 2.24) is 14.9 Å². The van der Waals surface area contributed by atoms with E-state index in [0.717, 1.165) is 0 Å². The number of esters is 1. The lowest BCUT2D eigenvalue weighted by molar-refractivity contribution is -0.153. The number of carbonyl (C=O) groups excluding carboxylic acids is 2. The quantitative estimate of drug-likeness (QED) is 0.626. The highest BCUT2D eigenvalue weighted by Crippen LogP contribution is 2.27. The van der Waals surface area contributed by atoms with E-state index in [1.54, 1.807) is 20.8 Å². The zero-order valence-electron chi connectivity index (χ0n) is 14.2. The molecule has 2 heterocycles. The molecule has 0 saturated carbocycles. The Bertz CT molecular complexity index is 915. The minimum absolute atomic E-state index is 0.0987. The first-order chi connectivity index (χ1) is 11.5. The molecule has 0 atom stereocenters. The van der Waals surface area contributed by atoms with Gasteiger partial charge in [-0.05, 0) is 26.8 Å². The van der Waals surface area contributed by atoms with E-state index in [0.29, 0.717) is 5.52 Å². The maximum Gasteiger partial charge on any atom is 0.325 e. The molecule has 0 saturated heterocycles. The SMILES string of the molecule is Cn1c(=O)c(C(=O)NCC(=O)OC(C)(C)C)c(O)c2cc(Cl)ncc21. The molecule has 1 amide bonds. The third kappa shape index (κ3) is 4.08. The number of nitrogens with one attached hydrogen (secondary N) is 1. The molecule has 134 valence electrons. The summed E-state index contributed by atoms with van der Waals surface area (Å²) in [6, 6.07) is 1.34. The minimum atomic E-state index is -0.890. The average molecular weight is 368 g/mol. The molecule has 0 aromatic carbocycles. The molecule has 0 radical (unpaired) electrons. The summed E-state index contributed by atoms with van der Waals surface area (Å²) in [7, 11) is 1.43. The number of nitrogens with zero attached hydrogens (tertiary/aromatic N) is 2. The molecule has 2 aromatic rings. The first kappa shape index (κ1) is 18.7. The van der Waals surface area contributed by atoms with Crippen molar-refractivity contribution >= 4 is 34.4 Å². The van der Waals surface area contributed by atoms with Crippen LogP contribution in [0.3, 0.4) is 0 Å². The zero-order valence-corrected chi connectivity index (χ0v) is 15.0. The number of halogens is 1. The molecule has 25 heavy (non-hydrogen) atoms. The van der Waals surface area contributed by atoms with Gasteiger partial charge in [-0.15, -0.1) is 0 Å². The molecule has 0 unspecified atom stereocenters. The van der Waals surface area contributed by atoms with Crippen LogP contribution in [0.1, 0.15) is 31.1 Å². The molecule has 0 fully saturated rings. The number of aromatic nitrogens is 2. The molecule has 9 heteroatoms. The van der Waals surface area contributed by atoms with Crippen LogP contribution in [0, 0.1) is 0 Å². The minimum Gasteiger partial charge on any atom is -0.506 e. The van der Waals surface area contributed by atoms with E-state index in [-0.39, 0.29) is 10.5 Å². The summed E-state index contributed by atoms with van der Waals surface area (Å²) in [6.45, 7) is 4.63. The van der Waals surface area contributed by atoms with Crippen LogP contribution in [-0.2, 0) is 16.6 Å². The van der Waals surface area contributed by atoms with Crippen molar-refractivity contribution in [2.45, 2.75) is 26.4 Å². The number of aryl methyl sites for hydroxylation is 1. The van der Waals surface area contributed by atoms with Gasteiger partial charge in [-0.2, -0.15) is 0 Å². The van der Waals surface area contributed by atoms with Crippen LogP contribution in [0.15, 0.2) is 17.1 Å². The Kier molecular flexibility index (Phi) is 5.03. The number of hydrogen-bond donors (Lipinski definition) is 2. The molecule has 8 nitrogen and oxygen atoms in total. The van der Waals surface area contributed by atoms with Gasteiger partial charge in [0.15, 0.2) is 0 Å². The Morgan fingerprint density at radius 1 is 1.40 bits per heavy atom. The first-order valence-corrected chi connectivity index (χ1v) is 7.76. The Balaban J connectivity index is 2.36. The lowest BCUT2D eigenvalue weighted by Crippen LogP contribution is -2.37. The molecule has 0 aliphatic rings. The van der Waals surface area contributed by atoms with Crippen molar-refractivity contribution in [3.8, 4) is 5.75 Å². The number of hydrogen-bond acceptors (Lipinski definition) is 6. The molecular formula is C16H18ClN3O5. The number of fused-ring (bicyclic) bond motifs is 1. The molecule has 0 spiro atoms. The van der Waals surface area contributed by atoms with Crippen LogP contribution in [0.5, 0.6) is 5.75 Å². The van der Waals surface area contributed by atoms with E-state index in [9.17, 15) is 19.5 Å². The van der Waals surface area contributed by atoms with E-state index in [1.165, 1.54) is 23.9 Å². The second-order valence-corrected chi connectivity index (χ2v) is 6.77. The summed E-state index contributed by atoms with van der Waals surface area (Å²) in [5.41, 5.74) is -1.60. The molecule has 0 aliphatic carbocycles. The van der Waals surface area contributed by atoms with Crippen LogP contribution in [-0.4, -0.2) is 38.7 Å². The van der Waals surface area contributed by atoms with Gasteiger partial charge in [0.05, 0.1) is 11.7 Å². The monoisotopic (exact) mass is 367 g/mol. The standard InChI is InChI=1S/C16H18ClN3O5/c1-16(2,3)25-11(21)7-19-14(23)12-13(22)8-5-10(17)18-6-9(8)20(4)15(12)24/h5-6,22H,7H2,1-4H3,(H,19,23). The highest BCUT2D eigenvalue weighted by atomic mass is 35.5. The van der Waals surface area contributed by atoms with Crippen LogP contribution in [0.2, 0.25) is 5.15 Å². The molecule has 2 N–H and O–H groups in total. The Labute approximate surface area is 148 Å². The van der Waals surface area contributed by atoms with E-state index in [4.69, 9.17) is 16.3 Å². The predicted octanol–water partition coefficient (Wildman–Crippen LogP) is 1.36. The van der Waals surface area contributed by atoms with Gasteiger partial charge < -0.3 is 19.7 Å². The predicted molar refractivity (Wildman–Crippen MR) is 91.8 cm³/mol. The summed E-state index contributed by atoms with van der Waals surface area (Å²) in [5.74, 6) is -2.08. The second kappa shape index (κ2) is 6.72. The summed E-state index contributed by atoms with van der Waals surface area (Å²) in [5, 5.41) is 12.9. The number of pyridine rings is 2. The van der Waals surface area contributed by atoms with Crippen molar-refractivity contribution in [3.63, 3.8) is 0 Å². The number of amides is 1. The first-order valence-electron chi connectivity index (χ1n) is 7.38. The average Bonchev–Trinajstić information content (AvgIpc) is 2.49. The van der Waals surface area contributed by atoms with Crippen molar-refractivity contribution < 1.29 is 19.4 Å². The fraction of sp³-hybridized carbons (Fsp3) is 0.375. The Morgan fingerprint density at radius 3 is 2.64 bits per heavy atom. The van der Waals surface area contributed by atoms with Gasteiger partial charge in [-0.1, -0.05) is 11.6 Å². The summed E-state index contributed by atoms with van der Waals surface area (Å²) in [6.07, 6.45) is 1.32. The summed E-state index contributed by atoms with van der Waals surface area (Å²) >= 11 is 5.81. The molecule has 2 aromatic heterocycles. The normalized spacial score (nSPS) is 11.4. The smallest absolute Gasteiger partial charge is 0.325 e. The van der Waals surface area contributed by atoms with Gasteiger partial charge in [-0.25, -0.2) is 4.98 Å². The van der Waals surface area contributed by atoms with Crippen LogP contribution >= 0.6 is 11.6 Å². The maximum absolute atomic E-state index is 12.4. The van der Waals surface area contributed by atoms with Gasteiger partial charge in [0.25, 0.3) is 11.5 Å². The Morgan fingerprint density at radius 2 is 2.04 bits per heavy atom. The van der Waals surface area contributed by atoms with Gasteiger partial charge in [-0.3, -0.25) is 14.4 Å². The van der Waals surface area contributed by atoms with Crippen LogP contribution < -0.4 is 10.9 Å². The molecule has 0 aliphatic heterocycles. The van der Waals surface area contributed by atoms with Gasteiger partial charge >= 0.3 is 5.97 Å². The topological polar surface area (TPSA) is 111 Å². The summed E-state index contributed by atoms with van der Waals surface area (Å²) in [4.78, 5) is 40.2. The van der Waals surface area contributed by atoms with Gasteiger partial charge in [0, 0.05) is 12.4 Å². The van der Waals surface area contributed by atoms with Crippen LogP contribution in [0.4, 0.5) is 0 Å². The molecular weight excluding hydrogens is 350 g/mol. The third-order valence-corrected chi connectivity index (χ3v) is 3.47. The van der Waals surface area contributed by atoms with E-state index in [1.807, 2.05) is 0 Å². The fourth-order valence-corrected chi connectivity index (χ4v) is 2.37. The number of aromatic hydroxyl groups is 1. The second-order valence-electron chi connectivity index (χ2n) is 6.38. The van der Waals surface area contributed by atoms with E-state index >= 15 is 0 Å². The Hall–Kier alpha value is -2.61. The molecule has 0 bridgehead atoms. The third-order valence-electron chi connectivity index (χ3n) is 3.26. The van der Waals surface area contributed by atoms with Crippen molar-refractivity contribution in [2.24, 2.45) is 7.05 Å². The highest BCUT2D eigenvalue weighted by Gasteiger charge is 2.23. The van der Waals surface area contributed by atoms with E-state index < -0.39 is 40.9 Å². The van der Waals surface area contributed by atoms with Gasteiger partial charge in [0.2, 0.25) is 0 Å². The van der Waals surface area contributed by atoms with Crippen molar-refractivity contribution in [2.75, 3.05) is 6.54 Å². The summed E-state index contributed by atoms with van der Waals surface area (Å²) < 4.78 is 6.24. The lowest BCUT2D eigenvalue weighted by Gasteiger charge is -2.19. The fourth-order valence-electron chi connectivity index (χ4n) is 2.22. The zero-order chi connectivity index (χ0) is 18.9. The number of carbonyl (C=O) groups is 2. The number of ether oxygens (including phenoxy) is 1. The maximum atomic E-state index is 12.4. The highest BCUT2D eigenvalue weighted by molar-refractivity contribution is 6.30. The van der Waals surface area contributed by atoms with Crippen molar-refractivity contribution in [1.29, 1.82) is 0 Å². The number of rotatable bonds is 3.